The van der Waals surface area contributed by atoms with Gasteiger partial charge in [0.1, 0.15) is 12.4 Å². The average Bonchev–Trinajstić information content (AvgIpc) is 2.86. The van der Waals surface area contributed by atoms with Crippen LogP contribution in [0.1, 0.15) is 48.2 Å². The highest BCUT2D eigenvalue weighted by atomic mass is 16.5. The van der Waals surface area contributed by atoms with E-state index in [9.17, 15) is 0 Å². The normalized spacial score (nSPS) is 15.3. The Morgan fingerprint density at radius 1 is 1.24 bits per heavy atom. The molecule has 1 aliphatic rings. The van der Waals surface area contributed by atoms with Crippen molar-refractivity contribution in [2.24, 2.45) is 0 Å². The largest absolute Gasteiger partial charge is 0.374 e. The van der Waals surface area contributed by atoms with Crippen LogP contribution < -0.4 is 10.6 Å². The van der Waals surface area contributed by atoms with Crippen molar-refractivity contribution in [2.45, 2.75) is 46.3 Å². The lowest BCUT2D eigenvalue weighted by molar-refractivity contribution is 0.128. The molecule has 0 fully saturated rings. The van der Waals surface area contributed by atoms with Crippen LogP contribution >= 0.6 is 0 Å². The van der Waals surface area contributed by atoms with Crippen molar-refractivity contribution in [1.29, 1.82) is 0 Å². The number of hydrogen-bond acceptors (Lipinski definition) is 6. The maximum Gasteiger partial charge on any atom is 0.156 e. The molecule has 6 nitrogen and oxygen atoms in total. The van der Waals surface area contributed by atoms with Crippen LogP contribution in [0.3, 0.4) is 0 Å². The van der Waals surface area contributed by atoms with E-state index in [1.807, 2.05) is 20.0 Å². The van der Waals surface area contributed by atoms with Crippen molar-refractivity contribution < 1.29 is 4.74 Å². The highest BCUT2D eigenvalue weighted by Crippen LogP contribution is 2.24. The van der Waals surface area contributed by atoms with Crippen molar-refractivity contribution in [3.63, 3.8) is 0 Å². The minimum absolute atomic E-state index is 0.0794. The molecule has 1 unspecified atom stereocenters. The quantitative estimate of drug-likeness (QED) is 0.841. The Morgan fingerprint density at radius 2 is 2.08 bits per heavy atom. The first kappa shape index (κ1) is 17.8. The van der Waals surface area contributed by atoms with E-state index < -0.39 is 0 Å². The minimum Gasteiger partial charge on any atom is -0.374 e. The zero-order chi connectivity index (χ0) is 17.6. The molecule has 0 saturated heterocycles. The van der Waals surface area contributed by atoms with Gasteiger partial charge in [-0.3, -0.25) is 4.98 Å². The molecule has 0 aromatic carbocycles. The highest BCUT2D eigenvalue weighted by molar-refractivity contribution is 5.49. The number of rotatable bonds is 6. The van der Waals surface area contributed by atoms with E-state index in [-0.39, 0.29) is 6.04 Å². The van der Waals surface area contributed by atoms with E-state index >= 15 is 0 Å². The lowest BCUT2D eigenvalue weighted by Gasteiger charge is -2.19. The van der Waals surface area contributed by atoms with Gasteiger partial charge < -0.3 is 15.4 Å². The molecule has 0 spiro atoms. The summed E-state index contributed by atoms with van der Waals surface area (Å²) in [4.78, 5) is 14.0. The van der Waals surface area contributed by atoms with Gasteiger partial charge in [-0.1, -0.05) is 6.07 Å². The second-order valence-electron chi connectivity index (χ2n) is 6.43. The molecule has 3 heterocycles. The van der Waals surface area contributed by atoms with Gasteiger partial charge in [-0.15, -0.1) is 0 Å². The van der Waals surface area contributed by atoms with Gasteiger partial charge in [-0.2, -0.15) is 0 Å². The Kier molecular flexibility index (Phi) is 5.94. The van der Waals surface area contributed by atoms with Crippen molar-refractivity contribution in [2.75, 3.05) is 25.0 Å². The fourth-order valence-corrected chi connectivity index (χ4v) is 2.99. The van der Waals surface area contributed by atoms with Gasteiger partial charge in [0.05, 0.1) is 17.4 Å². The zero-order valence-electron chi connectivity index (χ0n) is 15.3. The lowest BCUT2D eigenvalue weighted by atomic mass is 10.1. The van der Waals surface area contributed by atoms with E-state index in [0.717, 1.165) is 54.5 Å². The summed E-state index contributed by atoms with van der Waals surface area (Å²) in [6.45, 7) is 9.16. The Labute approximate surface area is 149 Å². The van der Waals surface area contributed by atoms with Crippen molar-refractivity contribution in [3.8, 4) is 0 Å². The van der Waals surface area contributed by atoms with Gasteiger partial charge in [0.25, 0.3) is 0 Å². The smallest absolute Gasteiger partial charge is 0.156 e. The Bertz CT molecular complexity index is 702. The first-order valence-corrected chi connectivity index (χ1v) is 9.03. The molecule has 2 aromatic heterocycles. The van der Waals surface area contributed by atoms with E-state index in [0.29, 0.717) is 13.2 Å². The van der Waals surface area contributed by atoms with Gasteiger partial charge in [0, 0.05) is 31.3 Å². The summed E-state index contributed by atoms with van der Waals surface area (Å²) in [7, 11) is 0. The standard InChI is InChI=1S/C19H27N5O/c1-4-25-12-18-23-17-8-10-20-9-7-15(17)19(24-18)22-14(3)16-6-5-13(2)11-21-16/h5-6,11,14,20H,4,7-10,12H2,1-3H3,(H,22,23,24). The molecule has 25 heavy (non-hydrogen) atoms. The number of aromatic nitrogens is 3. The highest BCUT2D eigenvalue weighted by Gasteiger charge is 2.18. The summed E-state index contributed by atoms with van der Waals surface area (Å²) in [6, 6.07) is 4.23. The van der Waals surface area contributed by atoms with Crippen molar-refractivity contribution >= 4 is 5.82 Å². The van der Waals surface area contributed by atoms with E-state index in [2.05, 4.69) is 34.7 Å². The maximum atomic E-state index is 5.52. The lowest BCUT2D eigenvalue weighted by Crippen LogP contribution is -2.16. The summed E-state index contributed by atoms with van der Waals surface area (Å²) in [5.41, 5.74) is 4.51. The van der Waals surface area contributed by atoms with Crippen LogP contribution in [0.5, 0.6) is 0 Å². The second-order valence-corrected chi connectivity index (χ2v) is 6.43. The maximum absolute atomic E-state index is 5.52. The first-order valence-electron chi connectivity index (χ1n) is 9.03. The Hall–Kier alpha value is -2.05. The molecule has 0 saturated carbocycles. The fourth-order valence-electron chi connectivity index (χ4n) is 2.99. The third kappa shape index (κ3) is 4.52. The summed E-state index contributed by atoms with van der Waals surface area (Å²) in [5.74, 6) is 1.66. The predicted octanol–water partition coefficient (Wildman–Crippen LogP) is 2.58. The third-order valence-corrected chi connectivity index (χ3v) is 4.40. The number of pyridine rings is 1. The number of aryl methyl sites for hydroxylation is 1. The number of hydrogen-bond donors (Lipinski definition) is 2. The molecule has 1 atom stereocenters. The van der Waals surface area contributed by atoms with Crippen molar-refractivity contribution in [3.05, 3.63) is 46.7 Å². The average molecular weight is 341 g/mol. The van der Waals surface area contributed by atoms with Crippen LogP contribution in [0.15, 0.2) is 18.3 Å². The summed E-state index contributed by atoms with van der Waals surface area (Å²) in [6.07, 6.45) is 3.75. The van der Waals surface area contributed by atoms with E-state index in [1.54, 1.807) is 0 Å². The van der Waals surface area contributed by atoms with Crippen LogP contribution in [0.2, 0.25) is 0 Å². The SMILES string of the molecule is CCOCc1nc2c(c(NC(C)c3ccc(C)cn3)n1)CCNCC2. The minimum atomic E-state index is 0.0794. The molecule has 2 N–H and O–H groups in total. The number of nitrogens with one attached hydrogen (secondary N) is 2. The number of ether oxygens (including phenoxy) is 1. The summed E-state index contributed by atoms with van der Waals surface area (Å²) < 4.78 is 5.52. The van der Waals surface area contributed by atoms with Gasteiger partial charge >= 0.3 is 0 Å². The Balaban J connectivity index is 1.88. The van der Waals surface area contributed by atoms with Crippen LogP contribution in [-0.4, -0.2) is 34.6 Å². The Morgan fingerprint density at radius 3 is 2.84 bits per heavy atom. The molecule has 0 bridgehead atoms. The van der Waals surface area contributed by atoms with Crippen molar-refractivity contribution in [1.82, 2.24) is 20.3 Å². The summed E-state index contributed by atoms with van der Waals surface area (Å²) >= 11 is 0. The molecule has 134 valence electrons. The molecular weight excluding hydrogens is 314 g/mol. The van der Waals surface area contributed by atoms with Gasteiger partial charge in [-0.05, 0) is 45.4 Å². The second kappa shape index (κ2) is 8.36. The summed E-state index contributed by atoms with van der Waals surface area (Å²) in [5, 5.41) is 6.99. The fraction of sp³-hybridized carbons (Fsp3) is 0.526. The third-order valence-electron chi connectivity index (χ3n) is 4.40. The van der Waals surface area contributed by atoms with Crippen LogP contribution in [-0.2, 0) is 24.2 Å². The zero-order valence-corrected chi connectivity index (χ0v) is 15.3. The van der Waals surface area contributed by atoms with Crippen LogP contribution in [0.25, 0.3) is 0 Å². The number of fused-ring (bicyclic) bond motifs is 1. The van der Waals surface area contributed by atoms with E-state index in [4.69, 9.17) is 14.7 Å². The molecule has 2 aromatic rings. The number of nitrogens with zero attached hydrogens (tertiary/aromatic N) is 3. The van der Waals surface area contributed by atoms with Gasteiger partial charge in [-0.25, -0.2) is 9.97 Å². The van der Waals surface area contributed by atoms with Crippen LogP contribution in [0, 0.1) is 6.92 Å². The van der Waals surface area contributed by atoms with Crippen LogP contribution in [0.4, 0.5) is 5.82 Å². The van der Waals surface area contributed by atoms with Gasteiger partial charge in [0.15, 0.2) is 5.82 Å². The molecular formula is C19H27N5O. The molecule has 0 aliphatic carbocycles. The topological polar surface area (TPSA) is 72.0 Å². The molecule has 0 radical (unpaired) electrons. The molecule has 1 aliphatic heterocycles. The molecule has 3 rings (SSSR count). The molecule has 0 amide bonds. The number of anilines is 1. The predicted molar refractivity (Wildman–Crippen MR) is 98.7 cm³/mol. The van der Waals surface area contributed by atoms with Gasteiger partial charge in [0.2, 0.25) is 0 Å². The first-order chi connectivity index (χ1) is 12.2. The monoisotopic (exact) mass is 341 g/mol. The molecule has 6 heteroatoms. The van der Waals surface area contributed by atoms with E-state index in [1.165, 1.54) is 5.56 Å².